The van der Waals surface area contributed by atoms with Crippen molar-refractivity contribution >= 4 is 32.2 Å². The third-order valence-corrected chi connectivity index (χ3v) is 10.1. The van der Waals surface area contributed by atoms with Gasteiger partial charge < -0.3 is 0 Å². The van der Waals surface area contributed by atoms with E-state index in [1.807, 2.05) is 26.0 Å². The predicted molar refractivity (Wildman–Crippen MR) is 129 cm³/mol. The topological polar surface area (TPSA) is 74.8 Å². The van der Waals surface area contributed by atoms with Crippen LogP contribution in [0.2, 0.25) is 0 Å². The highest BCUT2D eigenvalue weighted by molar-refractivity contribution is 8.12. The molecule has 0 N–H and O–H groups in total. The van der Waals surface area contributed by atoms with Crippen molar-refractivity contribution in [2.24, 2.45) is 0 Å². The highest BCUT2D eigenvalue weighted by Gasteiger charge is 2.31. The van der Waals surface area contributed by atoms with Gasteiger partial charge in [0.2, 0.25) is 20.0 Å². The smallest absolute Gasteiger partial charge is 0.211 e. The van der Waals surface area contributed by atoms with Gasteiger partial charge in [0.15, 0.2) is 0 Å². The molecule has 2 aromatic rings. The quantitative estimate of drug-likeness (QED) is 0.360. The van der Waals surface area contributed by atoms with Gasteiger partial charge in [-0.15, -0.1) is 7.42 Å². The minimum Gasteiger partial charge on any atom is -0.211 e. The lowest BCUT2D eigenvalue weighted by Crippen LogP contribution is -2.36. The Kier molecular flexibility index (Phi) is 10.5. The van der Waals surface area contributed by atoms with E-state index in [0.717, 1.165) is 25.0 Å². The lowest BCUT2D eigenvalue weighted by atomic mass is 10.2. The number of hydrogen-bond donors (Lipinski definition) is 0. The van der Waals surface area contributed by atoms with Crippen molar-refractivity contribution in [1.29, 1.82) is 0 Å². The van der Waals surface area contributed by atoms with E-state index in [-0.39, 0.29) is 24.6 Å². The van der Waals surface area contributed by atoms with E-state index in [1.54, 1.807) is 48.5 Å². The molecular weight excluding hydrogens is 452 g/mol. The number of rotatable bonds is 14. The van der Waals surface area contributed by atoms with Crippen molar-refractivity contribution < 1.29 is 16.8 Å². The minimum atomic E-state index is -3.71. The van der Waals surface area contributed by atoms with Gasteiger partial charge in [0.05, 0.1) is 11.5 Å². The van der Waals surface area contributed by atoms with Gasteiger partial charge in [-0.3, -0.25) is 0 Å². The van der Waals surface area contributed by atoms with Crippen molar-refractivity contribution in [3.05, 3.63) is 71.8 Å². The van der Waals surface area contributed by atoms with E-state index >= 15 is 0 Å². The van der Waals surface area contributed by atoms with Crippen molar-refractivity contribution in [3.63, 3.8) is 0 Å². The fourth-order valence-corrected chi connectivity index (χ4v) is 7.54. The molecule has 31 heavy (non-hydrogen) atoms. The van der Waals surface area contributed by atoms with Gasteiger partial charge in [0.25, 0.3) is 0 Å². The molecule has 0 atom stereocenters. The molecule has 0 radical (unpaired) electrons. The van der Waals surface area contributed by atoms with Crippen LogP contribution in [0.5, 0.6) is 0 Å². The number of unbranched alkanes of at least 4 members (excludes halogenated alkanes) is 2. The molecule has 0 saturated carbocycles. The van der Waals surface area contributed by atoms with E-state index in [0.29, 0.717) is 24.0 Å². The lowest BCUT2D eigenvalue weighted by molar-refractivity contribution is 0.506. The summed E-state index contributed by atoms with van der Waals surface area (Å²) < 4.78 is 55.2. The van der Waals surface area contributed by atoms with Crippen molar-refractivity contribution in [3.8, 4) is 0 Å². The lowest BCUT2D eigenvalue weighted by Gasteiger charge is -2.28. The largest absolute Gasteiger partial charge is 0.228 e. The van der Waals surface area contributed by atoms with Crippen LogP contribution in [-0.2, 0) is 31.6 Å². The molecule has 0 heterocycles. The molecule has 0 aliphatic heterocycles. The molecule has 9 heteroatoms. The van der Waals surface area contributed by atoms with Crippen LogP contribution in [0.4, 0.5) is 0 Å². The van der Waals surface area contributed by atoms with Gasteiger partial charge in [-0.25, -0.2) is 16.8 Å². The zero-order valence-electron chi connectivity index (χ0n) is 18.2. The SMILES string of the molecule is CCCCN(SN(CCCC)S(=O)(=O)Cc1ccccc1)S(=O)(=O)Cc1ccccc1. The molecule has 0 spiro atoms. The highest BCUT2D eigenvalue weighted by atomic mass is 32.3. The van der Waals surface area contributed by atoms with Crippen LogP contribution in [-0.4, -0.2) is 37.3 Å². The molecule has 6 nitrogen and oxygen atoms in total. The van der Waals surface area contributed by atoms with E-state index in [2.05, 4.69) is 0 Å². The number of nitrogens with zero attached hydrogens (tertiary/aromatic N) is 2. The Hall–Kier alpha value is -1.39. The average molecular weight is 485 g/mol. The maximum Gasteiger partial charge on any atom is 0.228 e. The average Bonchev–Trinajstić information content (AvgIpc) is 2.73. The van der Waals surface area contributed by atoms with Gasteiger partial charge in [-0.1, -0.05) is 87.4 Å². The molecule has 2 rings (SSSR count). The molecule has 0 aliphatic carbocycles. The normalized spacial score (nSPS) is 12.5. The molecule has 2 aromatic carbocycles. The zero-order valence-corrected chi connectivity index (χ0v) is 20.6. The third-order valence-electron chi connectivity index (χ3n) is 4.57. The number of sulfonamides is 2. The molecule has 172 valence electrons. The van der Waals surface area contributed by atoms with E-state index in [1.165, 1.54) is 7.42 Å². The Labute approximate surface area is 192 Å². The first-order valence-electron chi connectivity index (χ1n) is 10.5. The van der Waals surface area contributed by atoms with Crippen molar-refractivity contribution in [2.45, 2.75) is 51.0 Å². The summed E-state index contributed by atoms with van der Waals surface area (Å²) in [5, 5.41) is 0. The van der Waals surface area contributed by atoms with Crippen LogP contribution in [0.3, 0.4) is 0 Å². The van der Waals surface area contributed by atoms with E-state index in [4.69, 9.17) is 0 Å². The summed E-state index contributed by atoms with van der Waals surface area (Å²) >= 11 is 0.813. The number of benzene rings is 2. The summed E-state index contributed by atoms with van der Waals surface area (Å²) in [7, 11) is -7.42. The van der Waals surface area contributed by atoms with Crippen molar-refractivity contribution in [2.75, 3.05) is 13.1 Å². The first-order chi connectivity index (χ1) is 14.8. The first kappa shape index (κ1) is 25.9. The Morgan fingerprint density at radius 2 is 1.00 bits per heavy atom. The summed E-state index contributed by atoms with van der Waals surface area (Å²) in [4.78, 5) is 0. The molecule has 0 aromatic heterocycles. The molecule has 0 amide bonds. The molecule has 0 fully saturated rings. The predicted octanol–water partition coefficient (Wildman–Crippen LogP) is 4.81. The molecule has 0 saturated heterocycles. The summed E-state index contributed by atoms with van der Waals surface area (Å²) in [5.74, 6) is -0.324. The van der Waals surface area contributed by atoms with Gasteiger partial charge in [0.1, 0.15) is 0 Å². The Balaban J connectivity index is 2.27. The Morgan fingerprint density at radius 1 is 0.645 bits per heavy atom. The van der Waals surface area contributed by atoms with Gasteiger partial charge in [0, 0.05) is 25.2 Å². The van der Waals surface area contributed by atoms with Crippen LogP contribution >= 0.6 is 12.1 Å². The second-order valence-electron chi connectivity index (χ2n) is 7.33. The standard InChI is InChI=1S/C22H32N2O4S3/c1-3-5-17-23(30(25,26)19-21-13-9-7-10-14-21)29-24(18-6-4-2)31(27,28)20-22-15-11-8-12-16-22/h7-16H,3-6,17-20H2,1-2H3. The van der Waals surface area contributed by atoms with Crippen LogP contribution < -0.4 is 0 Å². The fraction of sp³-hybridized carbons (Fsp3) is 0.455. The molecule has 0 unspecified atom stereocenters. The summed E-state index contributed by atoms with van der Waals surface area (Å²) in [6, 6.07) is 17.9. The second-order valence-corrected chi connectivity index (χ2v) is 12.6. The van der Waals surface area contributed by atoms with Gasteiger partial charge in [-0.2, -0.15) is 0 Å². The maximum atomic E-state index is 13.2. The summed E-state index contributed by atoms with van der Waals surface area (Å²) in [6.45, 7) is 4.49. The number of hydrogen-bond acceptors (Lipinski definition) is 5. The van der Waals surface area contributed by atoms with E-state index < -0.39 is 20.0 Å². The maximum absolute atomic E-state index is 13.2. The Bertz CT molecular complexity index is 900. The molecule has 0 bridgehead atoms. The highest BCUT2D eigenvalue weighted by Crippen LogP contribution is 2.28. The zero-order chi connectivity index (χ0) is 22.7. The summed E-state index contributed by atoms with van der Waals surface area (Å²) in [5.41, 5.74) is 1.36. The van der Waals surface area contributed by atoms with Crippen LogP contribution in [0.25, 0.3) is 0 Å². The third kappa shape index (κ3) is 8.57. The monoisotopic (exact) mass is 484 g/mol. The first-order valence-corrected chi connectivity index (χ1v) is 14.5. The minimum absolute atomic E-state index is 0.162. The van der Waals surface area contributed by atoms with E-state index in [9.17, 15) is 16.8 Å². The van der Waals surface area contributed by atoms with Crippen LogP contribution in [0.1, 0.15) is 50.7 Å². The Morgan fingerprint density at radius 3 is 1.32 bits per heavy atom. The van der Waals surface area contributed by atoms with Crippen LogP contribution in [0.15, 0.2) is 60.7 Å². The molecule has 0 aliphatic rings. The fourth-order valence-electron chi connectivity index (χ4n) is 2.85. The second kappa shape index (κ2) is 12.6. The van der Waals surface area contributed by atoms with Gasteiger partial charge in [-0.05, 0) is 24.0 Å². The van der Waals surface area contributed by atoms with Gasteiger partial charge >= 0.3 is 0 Å². The van der Waals surface area contributed by atoms with Crippen molar-refractivity contribution in [1.82, 2.24) is 7.42 Å². The molecular formula is C22H32N2O4S3. The summed E-state index contributed by atoms with van der Waals surface area (Å²) in [6.07, 6.45) is 2.93. The van der Waals surface area contributed by atoms with Crippen LogP contribution in [0, 0.1) is 0 Å².